The number of hydrogen-bond donors (Lipinski definition) is 2. The van der Waals surface area contributed by atoms with Gasteiger partial charge in [-0.2, -0.15) is 5.10 Å². The van der Waals surface area contributed by atoms with Gasteiger partial charge in [0.2, 0.25) is 0 Å². The summed E-state index contributed by atoms with van der Waals surface area (Å²) >= 11 is 0. The highest BCUT2D eigenvalue weighted by Crippen LogP contribution is 2.28. The van der Waals surface area contributed by atoms with Gasteiger partial charge in [-0.15, -0.1) is 0 Å². The largest absolute Gasteiger partial charge is 0.493 e. The van der Waals surface area contributed by atoms with Gasteiger partial charge in [0.25, 0.3) is 0 Å². The number of methoxy groups -OCH3 is 1. The molecule has 0 saturated heterocycles. The Kier molecular flexibility index (Phi) is 7.54. The van der Waals surface area contributed by atoms with E-state index in [2.05, 4.69) is 15.8 Å². The molecule has 3 aromatic carbocycles. The lowest BCUT2D eigenvalue weighted by molar-refractivity contribution is -0.136. The zero-order chi connectivity index (χ0) is 23.8. The number of anilines is 1. The molecule has 0 heterocycles. The van der Waals surface area contributed by atoms with Crippen LogP contribution in [0.2, 0.25) is 0 Å². The number of carbonyl (C=O) groups is 3. The van der Waals surface area contributed by atoms with Crippen molar-refractivity contribution in [3.63, 3.8) is 0 Å². The number of rotatable bonds is 6. The highest BCUT2D eigenvalue weighted by molar-refractivity contribution is 6.39. The van der Waals surface area contributed by atoms with E-state index in [0.717, 1.165) is 11.1 Å². The first kappa shape index (κ1) is 23.2. The summed E-state index contributed by atoms with van der Waals surface area (Å²) in [5.74, 6) is -1.72. The minimum atomic E-state index is -0.912. The number of ether oxygens (including phenoxy) is 2. The maximum absolute atomic E-state index is 12.3. The second-order valence-corrected chi connectivity index (χ2v) is 7.12. The third kappa shape index (κ3) is 6.27. The summed E-state index contributed by atoms with van der Waals surface area (Å²) < 4.78 is 10.7. The molecule has 3 aromatic rings. The van der Waals surface area contributed by atoms with Crippen molar-refractivity contribution in [2.24, 2.45) is 5.10 Å². The Hall–Kier alpha value is -4.46. The third-order valence-electron chi connectivity index (χ3n) is 4.75. The first-order valence-corrected chi connectivity index (χ1v) is 10.0. The van der Waals surface area contributed by atoms with Crippen LogP contribution in [-0.4, -0.2) is 31.1 Å². The molecule has 2 amide bonds. The van der Waals surface area contributed by atoms with Crippen molar-refractivity contribution in [2.45, 2.75) is 13.8 Å². The van der Waals surface area contributed by atoms with Crippen molar-refractivity contribution < 1.29 is 23.9 Å². The maximum atomic E-state index is 12.3. The monoisotopic (exact) mass is 445 g/mol. The lowest BCUT2D eigenvalue weighted by atomic mass is 10.1. The van der Waals surface area contributed by atoms with Crippen molar-refractivity contribution in [3.8, 4) is 11.5 Å². The number of amides is 2. The molecule has 0 saturated carbocycles. The Morgan fingerprint density at radius 1 is 0.848 bits per heavy atom. The summed E-state index contributed by atoms with van der Waals surface area (Å²) in [6.07, 6.45) is 1.34. The number of aryl methyl sites for hydroxylation is 2. The summed E-state index contributed by atoms with van der Waals surface area (Å²) in [6.45, 7) is 3.87. The molecule has 0 aliphatic carbocycles. The molecule has 0 unspecified atom stereocenters. The fourth-order valence-corrected chi connectivity index (χ4v) is 2.81. The second-order valence-electron chi connectivity index (χ2n) is 7.12. The van der Waals surface area contributed by atoms with E-state index in [1.807, 2.05) is 19.9 Å². The average Bonchev–Trinajstić information content (AvgIpc) is 2.82. The molecule has 0 atom stereocenters. The molecule has 2 N–H and O–H groups in total. The number of nitrogens with one attached hydrogen (secondary N) is 2. The summed E-state index contributed by atoms with van der Waals surface area (Å²) in [4.78, 5) is 36.3. The molecule has 168 valence electrons. The normalized spacial score (nSPS) is 10.5. The molecule has 0 aliphatic heterocycles. The highest BCUT2D eigenvalue weighted by Gasteiger charge is 2.14. The third-order valence-corrected chi connectivity index (χ3v) is 4.75. The fourth-order valence-electron chi connectivity index (χ4n) is 2.81. The van der Waals surface area contributed by atoms with Crippen LogP contribution in [0.4, 0.5) is 5.69 Å². The Morgan fingerprint density at radius 3 is 2.30 bits per heavy atom. The standard InChI is InChI=1S/C25H23N3O5/c1-16-9-11-20(13-17(16)2)27-23(29)24(30)28-26-15-18-10-12-21(22(14-18)32-3)33-25(31)19-7-5-4-6-8-19/h4-15H,1-3H3,(H,27,29)(H,28,30)/b26-15+. The van der Waals surface area contributed by atoms with Crippen LogP contribution in [0.15, 0.2) is 71.8 Å². The predicted octanol–water partition coefficient (Wildman–Crippen LogP) is 3.62. The van der Waals surface area contributed by atoms with Gasteiger partial charge in [-0.1, -0.05) is 24.3 Å². The quantitative estimate of drug-likeness (QED) is 0.198. The van der Waals surface area contributed by atoms with Crippen molar-refractivity contribution in [2.75, 3.05) is 12.4 Å². The number of esters is 1. The van der Waals surface area contributed by atoms with Gasteiger partial charge < -0.3 is 14.8 Å². The van der Waals surface area contributed by atoms with Crippen LogP contribution in [0.1, 0.15) is 27.0 Å². The zero-order valence-electron chi connectivity index (χ0n) is 18.4. The van der Waals surface area contributed by atoms with E-state index in [1.54, 1.807) is 60.7 Å². The first-order valence-electron chi connectivity index (χ1n) is 10.0. The van der Waals surface area contributed by atoms with Gasteiger partial charge in [0.05, 0.1) is 18.9 Å². The van der Waals surface area contributed by atoms with Crippen LogP contribution in [0, 0.1) is 13.8 Å². The summed E-state index contributed by atoms with van der Waals surface area (Å²) in [5, 5.41) is 6.32. The molecule has 0 spiro atoms. The molecular formula is C25H23N3O5. The molecule has 0 bridgehead atoms. The van der Waals surface area contributed by atoms with Crippen molar-refractivity contribution >= 4 is 29.7 Å². The van der Waals surface area contributed by atoms with Crippen LogP contribution >= 0.6 is 0 Å². The maximum Gasteiger partial charge on any atom is 0.343 e. The van der Waals surface area contributed by atoms with Gasteiger partial charge in [0.1, 0.15) is 0 Å². The number of hydrogen-bond acceptors (Lipinski definition) is 6. The lowest BCUT2D eigenvalue weighted by Gasteiger charge is -2.10. The van der Waals surface area contributed by atoms with Gasteiger partial charge in [0.15, 0.2) is 11.5 Å². The van der Waals surface area contributed by atoms with Crippen molar-refractivity contribution in [3.05, 3.63) is 89.0 Å². The zero-order valence-corrected chi connectivity index (χ0v) is 18.4. The minimum absolute atomic E-state index is 0.236. The van der Waals surface area contributed by atoms with Crippen molar-refractivity contribution in [1.29, 1.82) is 0 Å². The van der Waals surface area contributed by atoms with Gasteiger partial charge in [0, 0.05) is 5.69 Å². The number of nitrogens with zero attached hydrogens (tertiary/aromatic N) is 1. The van der Waals surface area contributed by atoms with Crippen LogP contribution in [0.5, 0.6) is 11.5 Å². The topological polar surface area (TPSA) is 106 Å². The Bertz CT molecular complexity index is 1210. The Morgan fingerprint density at radius 2 is 1.61 bits per heavy atom. The van der Waals surface area contributed by atoms with E-state index in [-0.39, 0.29) is 5.75 Å². The van der Waals surface area contributed by atoms with E-state index in [0.29, 0.717) is 22.6 Å². The first-order chi connectivity index (χ1) is 15.9. The molecule has 8 heteroatoms. The van der Waals surface area contributed by atoms with E-state index in [4.69, 9.17) is 9.47 Å². The molecule has 0 aliphatic rings. The van der Waals surface area contributed by atoms with Gasteiger partial charge in [-0.3, -0.25) is 9.59 Å². The molecule has 33 heavy (non-hydrogen) atoms. The van der Waals surface area contributed by atoms with Crippen LogP contribution < -0.4 is 20.2 Å². The van der Waals surface area contributed by atoms with E-state index < -0.39 is 17.8 Å². The predicted molar refractivity (Wildman–Crippen MR) is 125 cm³/mol. The Balaban J connectivity index is 1.60. The minimum Gasteiger partial charge on any atom is -0.493 e. The summed E-state index contributed by atoms with van der Waals surface area (Å²) in [5.41, 5.74) is 5.74. The second kappa shape index (κ2) is 10.7. The van der Waals surface area contributed by atoms with E-state index in [9.17, 15) is 14.4 Å². The number of hydrazone groups is 1. The van der Waals surface area contributed by atoms with Crippen molar-refractivity contribution in [1.82, 2.24) is 5.43 Å². The van der Waals surface area contributed by atoms with E-state index in [1.165, 1.54) is 13.3 Å². The molecule has 3 rings (SSSR count). The SMILES string of the molecule is COc1cc(/C=N/NC(=O)C(=O)Nc2ccc(C)c(C)c2)ccc1OC(=O)c1ccccc1. The van der Waals surface area contributed by atoms with Crippen LogP contribution in [0.25, 0.3) is 0 Å². The number of carbonyl (C=O) groups excluding carboxylic acids is 3. The van der Waals surface area contributed by atoms with Crippen LogP contribution in [-0.2, 0) is 9.59 Å². The molecule has 8 nitrogen and oxygen atoms in total. The number of benzene rings is 3. The average molecular weight is 445 g/mol. The smallest absolute Gasteiger partial charge is 0.343 e. The Labute approximate surface area is 191 Å². The summed E-state index contributed by atoms with van der Waals surface area (Å²) in [7, 11) is 1.44. The van der Waals surface area contributed by atoms with E-state index >= 15 is 0 Å². The highest BCUT2D eigenvalue weighted by atomic mass is 16.6. The van der Waals surface area contributed by atoms with Gasteiger partial charge in [-0.25, -0.2) is 10.2 Å². The fraction of sp³-hybridized carbons (Fsp3) is 0.120. The molecular weight excluding hydrogens is 422 g/mol. The molecule has 0 aromatic heterocycles. The summed E-state index contributed by atoms with van der Waals surface area (Å²) in [6, 6.07) is 18.7. The molecule has 0 radical (unpaired) electrons. The molecule has 0 fully saturated rings. The lowest BCUT2D eigenvalue weighted by Crippen LogP contribution is -2.32. The van der Waals surface area contributed by atoms with Gasteiger partial charge in [-0.05, 0) is 73.0 Å². The van der Waals surface area contributed by atoms with Gasteiger partial charge >= 0.3 is 17.8 Å². The van der Waals surface area contributed by atoms with Crippen LogP contribution in [0.3, 0.4) is 0 Å².